The van der Waals surface area contributed by atoms with Crippen molar-refractivity contribution in [1.29, 1.82) is 0 Å². The fourth-order valence-corrected chi connectivity index (χ4v) is 1.85. The Morgan fingerprint density at radius 2 is 1.95 bits per heavy atom. The van der Waals surface area contributed by atoms with E-state index in [1.165, 1.54) is 16.8 Å². The molecule has 1 aromatic heterocycles. The molecule has 0 unspecified atom stereocenters. The van der Waals surface area contributed by atoms with E-state index in [1.807, 2.05) is 0 Å². The van der Waals surface area contributed by atoms with E-state index in [0.29, 0.717) is 18.2 Å². The van der Waals surface area contributed by atoms with E-state index in [4.69, 9.17) is 4.74 Å². The summed E-state index contributed by atoms with van der Waals surface area (Å²) in [6.07, 6.45) is 0. The van der Waals surface area contributed by atoms with Crippen LogP contribution < -0.4 is 4.74 Å². The summed E-state index contributed by atoms with van der Waals surface area (Å²) in [6, 6.07) is 5.01. The molecule has 0 aliphatic carbocycles. The summed E-state index contributed by atoms with van der Waals surface area (Å²) in [7, 11) is 0. The summed E-state index contributed by atoms with van der Waals surface area (Å²) in [4.78, 5) is 20.5. The maximum atomic E-state index is 11.1. The van der Waals surface area contributed by atoms with Gasteiger partial charge in [-0.3, -0.25) is 20.2 Å². The Hall–Kier alpha value is -2.97. The van der Waals surface area contributed by atoms with Gasteiger partial charge in [-0.15, -0.1) is 0 Å². The molecule has 0 aliphatic heterocycles. The molecule has 110 valence electrons. The summed E-state index contributed by atoms with van der Waals surface area (Å²) >= 11 is 0. The average Bonchev–Trinajstić information content (AvgIpc) is 2.79. The van der Waals surface area contributed by atoms with Crippen LogP contribution in [0.25, 0.3) is 5.69 Å². The number of rotatable bonds is 5. The molecule has 0 saturated carbocycles. The number of non-ortho nitro benzene ring substituents is 1. The van der Waals surface area contributed by atoms with Gasteiger partial charge in [-0.05, 0) is 19.9 Å². The molecule has 0 amide bonds. The Kier molecular flexibility index (Phi) is 3.83. The van der Waals surface area contributed by atoms with Crippen LogP contribution in [0.3, 0.4) is 0 Å². The van der Waals surface area contributed by atoms with Gasteiger partial charge in [0.1, 0.15) is 5.69 Å². The minimum Gasteiger partial charge on any atom is -0.478 e. The first-order valence-electron chi connectivity index (χ1n) is 6.06. The zero-order valence-corrected chi connectivity index (χ0v) is 11.3. The highest BCUT2D eigenvalue weighted by atomic mass is 16.6. The second-order valence-electron chi connectivity index (χ2n) is 4.16. The van der Waals surface area contributed by atoms with Crippen molar-refractivity contribution in [1.82, 2.24) is 9.78 Å². The van der Waals surface area contributed by atoms with Crippen LogP contribution in [0.1, 0.15) is 12.6 Å². The van der Waals surface area contributed by atoms with Crippen LogP contribution in [0.2, 0.25) is 0 Å². The monoisotopic (exact) mass is 292 g/mol. The molecule has 9 heteroatoms. The van der Waals surface area contributed by atoms with Gasteiger partial charge in [-0.2, -0.15) is 9.78 Å². The Morgan fingerprint density at radius 1 is 1.24 bits per heavy atom. The Morgan fingerprint density at radius 3 is 2.52 bits per heavy atom. The third-order valence-corrected chi connectivity index (χ3v) is 2.69. The van der Waals surface area contributed by atoms with Gasteiger partial charge in [0.15, 0.2) is 0 Å². The van der Waals surface area contributed by atoms with Gasteiger partial charge in [0.2, 0.25) is 5.88 Å². The van der Waals surface area contributed by atoms with Gasteiger partial charge in [-0.1, -0.05) is 0 Å². The molecule has 1 aromatic carbocycles. The van der Waals surface area contributed by atoms with Crippen molar-refractivity contribution in [2.45, 2.75) is 13.8 Å². The van der Waals surface area contributed by atoms with Crippen molar-refractivity contribution in [2.24, 2.45) is 0 Å². The average molecular weight is 292 g/mol. The predicted molar refractivity (Wildman–Crippen MR) is 72.8 cm³/mol. The number of hydrogen-bond donors (Lipinski definition) is 0. The van der Waals surface area contributed by atoms with Crippen molar-refractivity contribution in [2.75, 3.05) is 6.61 Å². The summed E-state index contributed by atoms with van der Waals surface area (Å²) in [5, 5.41) is 26.0. The molecule has 0 atom stereocenters. The molecular formula is C12H12N4O5. The normalized spacial score (nSPS) is 10.4. The van der Waals surface area contributed by atoms with Crippen molar-refractivity contribution < 1.29 is 14.6 Å². The highest BCUT2D eigenvalue weighted by Gasteiger charge is 2.23. The van der Waals surface area contributed by atoms with Crippen LogP contribution in [0, 0.1) is 27.2 Å². The lowest BCUT2D eigenvalue weighted by Crippen LogP contribution is -2.06. The molecule has 21 heavy (non-hydrogen) atoms. The maximum Gasteiger partial charge on any atom is 0.301 e. The molecule has 0 aliphatic rings. The van der Waals surface area contributed by atoms with E-state index in [9.17, 15) is 20.2 Å². The Labute approximate surface area is 119 Å². The zero-order chi connectivity index (χ0) is 15.6. The van der Waals surface area contributed by atoms with Crippen LogP contribution in [0.15, 0.2) is 24.3 Å². The first kappa shape index (κ1) is 14.4. The fraction of sp³-hybridized carbons (Fsp3) is 0.250. The van der Waals surface area contributed by atoms with Crippen LogP contribution in [-0.2, 0) is 0 Å². The third-order valence-electron chi connectivity index (χ3n) is 2.69. The predicted octanol–water partition coefficient (Wildman–Crippen LogP) is 2.40. The van der Waals surface area contributed by atoms with E-state index in [-0.39, 0.29) is 11.4 Å². The molecule has 0 N–H and O–H groups in total. The number of aromatic nitrogens is 2. The van der Waals surface area contributed by atoms with E-state index in [0.717, 1.165) is 6.07 Å². The lowest BCUT2D eigenvalue weighted by Gasteiger charge is -2.07. The molecule has 0 bridgehead atoms. The first-order valence-corrected chi connectivity index (χ1v) is 6.06. The number of nitro groups is 2. The van der Waals surface area contributed by atoms with Gasteiger partial charge in [0, 0.05) is 12.1 Å². The molecule has 2 rings (SSSR count). The van der Waals surface area contributed by atoms with Crippen molar-refractivity contribution in [3.05, 3.63) is 50.2 Å². The van der Waals surface area contributed by atoms with E-state index in [1.54, 1.807) is 19.9 Å². The molecule has 0 saturated heterocycles. The minimum atomic E-state index is -0.686. The molecule has 2 aromatic rings. The number of benzene rings is 1. The largest absolute Gasteiger partial charge is 0.478 e. The van der Waals surface area contributed by atoms with Crippen molar-refractivity contribution >= 4 is 11.4 Å². The maximum absolute atomic E-state index is 11.1. The SMILES string of the molecule is CCOc1cc(C)nn1-c1ccc([N+](=O)[O-])cc1[N+](=O)[O-]. The van der Waals surface area contributed by atoms with Crippen molar-refractivity contribution in [3.8, 4) is 11.6 Å². The summed E-state index contributed by atoms with van der Waals surface area (Å²) in [5.74, 6) is 0.340. The summed E-state index contributed by atoms with van der Waals surface area (Å²) in [5.41, 5.74) is -0.0335. The lowest BCUT2D eigenvalue weighted by molar-refractivity contribution is -0.394. The van der Waals surface area contributed by atoms with Crippen LogP contribution >= 0.6 is 0 Å². The van der Waals surface area contributed by atoms with E-state index >= 15 is 0 Å². The number of hydrogen-bond acceptors (Lipinski definition) is 6. The molecule has 0 radical (unpaired) electrons. The summed E-state index contributed by atoms with van der Waals surface area (Å²) in [6.45, 7) is 3.86. The molecular weight excluding hydrogens is 280 g/mol. The molecule has 0 spiro atoms. The van der Waals surface area contributed by atoms with Gasteiger partial charge in [-0.25, -0.2) is 0 Å². The number of aryl methyl sites for hydroxylation is 1. The molecule has 9 nitrogen and oxygen atoms in total. The fourth-order valence-electron chi connectivity index (χ4n) is 1.85. The molecule has 0 fully saturated rings. The van der Waals surface area contributed by atoms with Gasteiger partial charge >= 0.3 is 5.69 Å². The van der Waals surface area contributed by atoms with Gasteiger partial charge in [0.05, 0.1) is 28.2 Å². The highest BCUT2D eigenvalue weighted by molar-refractivity contribution is 5.58. The second kappa shape index (κ2) is 5.57. The van der Waals surface area contributed by atoms with Gasteiger partial charge < -0.3 is 4.74 Å². The summed E-state index contributed by atoms with van der Waals surface area (Å²) < 4.78 is 6.63. The van der Waals surface area contributed by atoms with Crippen LogP contribution in [0.5, 0.6) is 5.88 Å². The van der Waals surface area contributed by atoms with E-state index < -0.39 is 15.5 Å². The first-order chi connectivity index (χ1) is 9.93. The zero-order valence-electron chi connectivity index (χ0n) is 11.3. The minimum absolute atomic E-state index is 0.113. The van der Waals surface area contributed by atoms with Crippen LogP contribution in [0.4, 0.5) is 11.4 Å². The second-order valence-corrected chi connectivity index (χ2v) is 4.16. The quantitative estimate of drug-likeness (QED) is 0.617. The van der Waals surface area contributed by atoms with Crippen molar-refractivity contribution in [3.63, 3.8) is 0 Å². The standard InChI is InChI=1S/C12H12N4O5/c1-3-21-12-6-8(2)13-14(12)10-5-4-9(15(17)18)7-11(10)16(19)20/h4-7H,3H2,1-2H3. The Bertz CT molecular complexity index is 710. The number of nitro benzene ring substituents is 2. The topological polar surface area (TPSA) is 113 Å². The number of nitrogens with zero attached hydrogens (tertiary/aromatic N) is 4. The Balaban J connectivity index is 2.63. The smallest absolute Gasteiger partial charge is 0.301 e. The van der Waals surface area contributed by atoms with Gasteiger partial charge in [0.25, 0.3) is 5.69 Å². The lowest BCUT2D eigenvalue weighted by atomic mass is 10.2. The van der Waals surface area contributed by atoms with Crippen LogP contribution in [-0.4, -0.2) is 26.2 Å². The third kappa shape index (κ3) is 2.81. The molecule has 1 heterocycles. The number of ether oxygens (including phenoxy) is 1. The van der Waals surface area contributed by atoms with E-state index in [2.05, 4.69) is 5.10 Å². The highest BCUT2D eigenvalue weighted by Crippen LogP contribution is 2.30.